The van der Waals surface area contributed by atoms with Gasteiger partial charge in [-0.1, -0.05) is 6.07 Å². The smallest absolute Gasteiger partial charge is 0.0722 e. The number of hydrogen-bond acceptors (Lipinski definition) is 3. The van der Waals surface area contributed by atoms with Gasteiger partial charge in [0.15, 0.2) is 0 Å². The Morgan fingerprint density at radius 2 is 2.17 bits per heavy atom. The van der Waals surface area contributed by atoms with E-state index in [1.807, 2.05) is 18.3 Å². The van der Waals surface area contributed by atoms with Gasteiger partial charge in [0.25, 0.3) is 0 Å². The van der Waals surface area contributed by atoms with E-state index in [0.29, 0.717) is 12.1 Å². The molecule has 3 nitrogen and oxygen atoms in total. The topological polar surface area (TPSA) is 34.1 Å². The molecular formula is C15H18N2O. The highest BCUT2D eigenvalue weighted by atomic mass is 16.5. The average molecular weight is 242 g/mol. The molecule has 0 spiro atoms. The summed E-state index contributed by atoms with van der Waals surface area (Å²) in [7, 11) is 0. The monoisotopic (exact) mass is 242 g/mol. The fraction of sp³-hybridized carbons (Fsp3) is 0.400. The van der Waals surface area contributed by atoms with Crippen molar-refractivity contribution in [1.82, 2.24) is 4.98 Å². The molecule has 1 aliphatic carbocycles. The molecule has 0 unspecified atom stereocenters. The largest absolute Gasteiger partial charge is 0.382 e. The lowest BCUT2D eigenvalue weighted by molar-refractivity contribution is 0.00302. The first kappa shape index (κ1) is 11.5. The molecule has 0 amide bonds. The lowest BCUT2D eigenvalue weighted by Gasteiger charge is -2.36. The minimum absolute atomic E-state index is 0.445. The van der Waals surface area contributed by atoms with Gasteiger partial charge in [-0.15, -0.1) is 0 Å². The maximum Gasteiger partial charge on any atom is 0.0722 e. The second kappa shape index (κ2) is 4.94. The predicted molar refractivity (Wildman–Crippen MR) is 73.8 cm³/mol. The van der Waals surface area contributed by atoms with Crippen LogP contribution in [0.3, 0.4) is 0 Å². The van der Waals surface area contributed by atoms with Crippen LogP contribution in [0.2, 0.25) is 0 Å². The van der Waals surface area contributed by atoms with Crippen LogP contribution in [0, 0.1) is 0 Å². The van der Waals surface area contributed by atoms with Crippen LogP contribution in [0.4, 0.5) is 5.69 Å². The van der Waals surface area contributed by atoms with Crippen molar-refractivity contribution >= 4 is 16.6 Å². The highest BCUT2D eigenvalue weighted by Crippen LogP contribution is 2.29. The lowest BCUT2D eigenvalue weighted by Crippen LogP contribution is -2.40. The van der Waals surface area contributed by atoms with Crippen molar-refractivity contribution in [3.63, 3.8) is 0 Å². The van der Waals surface area contributed by atoms with Crippen molar-refractivity contribution in [2.75, 3.05) is 11.9 Å². The molecule has 18 heavy (non-hydrogen) atoms. The van der Waals surface area contributed by atoms with Crippen LogP contribution in [-0.2, 0) is 4.74 Å². The third-order valence-electron chi connectivity index (χ3n) is 3.50. The summed E-state index contributed by atoms with van der Waals surface area (Å²) in [6, 6.07) is 10.9. The highest BCUT2D eigenvalue weighted by molar-refractivity contribution is 5.91. The summed E-state index contributed by atoms with van der Waals surface area (Å²) in [4.78, 5) is 4.37. The van der Waals surface area contributed by atoms with Gasteiger partial charge >= 0.3 is 0 Å². The fourth-order valence-corrected chi connectivity index (χ4v) is 2.50. The van der Waals surface area contributed by atoms with Crippen molar-refractivity contribution in [1.29, 1.82) is 0 Å². The van der Waals surface area contributed by atoms with E-state index in [1.165, 1.54) is 11.1 Å². The molecule has 1 heterocycles. The molecule has 1 N–H and O–H groups in total. The molecule has 2 aromatic rings. The van der Waals surface area contributed by atoms with E-state index in [1.54, 1.807) is 0 Å². The van der Waals surface area contributed by atoms with Crippen molar-refractivity contribution in [3.05, 3.63) is 36.5 Å². The summed E-state index contributed by atoms with van der Waals surface area (Å²) >= 11 is 0. The minimum Gasteiger partial charge on any atom is -0.382 e. The Morgan fingerprint density at radius 1 is 1.28 bits per heavy atom. The van der Waals surface area contributed by atoms with Gasteiger partial charge in [0, 0.05) is 29.9 Å². The first-order chi connectivity index (χ1) is 8.86. The molecule has 1 fully saturated rings. The number of benzene rings is 1. The minimum atomic E-state index is 0.445. The van der Waals surface area contributed by atoms with Crippen LogP contribution in [0.5, 0.6) is 0 Å². The van der Waals surface area contributed by atoms with Gasteiger partial charge in [-0.3, -0.25) is 4.98 Å². The molecule has 94 valence electrons. The Kier molecular flexibility index (Phi) is 3.15. The zero-order valence-electron chi connectivity index (χ0n) is 10.6. The zero-order valence-corrected chi connectivity index (χ0v) is 10.6. The molecule has 0 aliphatic heterocycles. The molecule has 0 saturated heterocycles. The third-order valence-corrected chi connectivity index (χ3v) is 3.50. The van der Waals surface area contributed by atoms with Crippen molar-refractivity contribution in [2.45, 2.75) is 31.9 Å². The number of rotatable bonds is 4. The van der Waals surface area contributed by atoms with Gasteiger partial charge < -0.3 is 10.1 Å². The van der Waals surface area contributed by atoms with E-state index in [2.05, 4.69) is 35.4 Å². The van der Waals surface area contributed by atoms with Crippen LogP contribution in [0.15, 0.2) is 36.5 Å². The molecular weight excluding hydrogens is 224 g/mol. The summed E-state index contributed by atoms with van der Waals surface area (Å²) in [5.41, 5.74) is 2.23. The van der Waals surface area contributed by atoms with Crippen LogP contribution < -0.4 is 5.32 Å². The van der Waals surface area contributed by atoms with Crippen LogP contribution >= 0.6 is 0 Å². The summed E-state index contributed by atoms with van der Waals surface area (Å²) < 4.78 is 5.58. The molecule has 3 rings (SSSR count). The number of hydrogen-bond donors (Lipinski definition) is 1. The molecule has 0 bridgehead atoms. The van der Waals surface area contributed by atoms with Gasteiger partial charge in [0.2, 0.25) is 0 Å². The molecule has 3 heteroatoms. The van der Waals surface area contributed by atoms with E-state index in [4.69, 9.17) is 4.74 Å². The Bertz CT molecular complexity index is 530. The Morgan fingerprint density at radius 3 is 3.00 bits per heavy atom. The van der Waals surface area contributed by atoms with Gasteiger partial charge in [0.1, 0.15) is 0 Å². The second-order valence-corrected chi connectivity index (χ2v) is 4.77. The second-order valence-electron chi connectivity index (χ2n) is 4.77. The van der Waals surface area contributed by atoms with Gasteiger partial charge in [-0.05, 0) is 44.0 Å². The SMILES string of the molecule is CCOC1CC(Nc2cccc3ncccc23)C1. The number of anilines is 1. The molecule has 1 aliphatic rings. The number of nitrogens with zero attached hydrogens (tertiary/aromatic N) is 1. The van der Waals surface area contributed by atoms with Crippen molar-refractivity contribution in [3.8, 4) is 0 Å². The van der Waals surface area contributed by atoms with E-state index in [0.717, 1.165) is 25.0 Å². The normalized spacial score (nSPS) is 22.7. The first-order valence-corrected chi connectivity index (χ1v) is 6.58. The molecule has 1 aromatic heterocycles. The highest BCUT2D eigenvalue weighted by Gasteiger charge is 2.29. The van der Waals surface area contributed by atoms with Crippen LogP contribution in [0.25, 0.3) is 10.9 Å². The molecule has 1 saturated carbocycles. The van der Waals surface area contributed by atoms with Crippen molar-refractivity contribution < 1.29 is 4.74 Å². The Balaban J connectivity index is 1.72. The summed E-state index contributed by atoms with van der Waals surface area (Å²) in [6.07, 6.45) is 4.48. The van der Waals surface area contributed by atoms with E-state index >= 15 is 0 Å². The fourth-order valence-electron chi connectivity index (χ4n) is 2.50. The van der Waals surface area contributed by atoms with E-state index < -0.39 is 0 Å². The number of fused-ring (bicyclic) bond motifs is 1. The molecule has 1 aromatic carbocycles. The lowest BCUT2D eigenvalue weighted by atomic mass is 9.89. The summed E-state index contributed by atoms with van der Waals surface area (Å²) in [6.45, 7) is 2.87. The molecule has 0 atom stereocenters. The predicted octanol–water partition coefficient (Wildman–Crippen LogP) is 3.21. The number of aromatic nitrogens is 1. The third kappa shape index (κ3) is 2.18. The van der Waals surface area contributed by atoms with Crippen LogP contribution in [-0.4, -0.2) is 23.7 Å². The number of nitrogens with one attached hydrogen (secondary N) is 1. The van der Waals surface area contributed by atoms with Gasteiger partial charge in [-0.25, -0.2) is 0 Å². The van der Waals surface area contributed by atoms with E-state index in [-0.39, 0.29) is 0 Å². The quantitative estimate of drug-likeness (QED) is 0.894. The zero-order chi connectivity index (χ0) is 12.4. The number of pyridine rings is 1. The maximum atomic E-state index is 5.58. The Labute approximate surface area is 107 Å². The first-order valence-electron chi connectivity index (χ1n) is 6.58. The van der Waals surface area contributed by atoms with Crippen LogP contribution in [0.1, 0.15) is 19.8 Å². The maximum absolute atomic E-state index is 5.58. The summed E-state index contributed by atoms with van der Waals surface area (Å²) in [5, 5.41) is 4.78. The number of ether oxygens (including phenoxy) is 1. The Hall–Kier alpha value is -1.61. The molecule has 0 radical (unpaired) electrons. The van der Waals surface area contributed by atoms with Gasteiger partial charge in [0.05, 0.1) is 11.6 Å². The summed E-state index contributed by atoms with van der Waals surface area (Å²) in [5.74, 6) is 0. The van der Waals surface area contributed by atoms with Crippen molar-refractivity contribution in [2.24, 2.45) is 0 Å². The average Bonchev–Trinajstić information content (AvgIpc) is 2.37. The standard InChI is InChI=1S/C15H18N2O/c1-2-18-12-9-11(10-12)17-15-7-3-6-14-13(15)5-4-8-16-14/h3-8,11-12,17H,2,9-10H2,1H3. The van der Waals surface area contributed by atoms with Gasteiger partial charge in [-0.2, -0.15) is 0 Å². The van der Waals surface area contributed by atoms with E-state index in [9.17, 15) is 0 Å².